The van der Waals surface area contributed by atoms with E-state index >= 15 is 0 Å². The zero-order valence-corrected chi connectivity index (χ0v) is 11.8. The first-order chi connectivity index (χ1) is 9.89. The average Bonchev–Trinajstić information content (AvgIpc) is 2.71. The minimum atomic E-state index is -0.402. The van der Waals surface area contributed by atoms with E-state index in [0.717, 1.165) is 22.5 Å². The Morgan fingerprint density at radius 2 is 1.81 bits per heavy atom. The first-order valence-electron chi connectivity index (χ1n) is 6.63. The summed E-state index contributed by atoms with van der Waals surface area (Å²) >= 11 is 0. The van der Waals surface area contributed by atoms with Crippen molar-refractivity contribution >= 4 is 22.8 Å². The van der Waals surface area contributed by atoms with Crippen LogP contribution >= 0.6 is 0 Å². The number of aliphatic imine (C=N–C) groups is 1. The number of nitrogen functional groups attached to an aromatic ring is 1. The maximum absolute atomic E-state index is 10.7. The number of rotatable bonds is 2. The van der Waals surface area contributed by atoms with Crippen molar-refractivity contribution in [1.82, 2.24) is 0 Å². The Hall–Kier alpha value is -2.69. The maximum atomic E-state index is 10.7. The lowest BCUT2D eigenvalue weighted by Gasteiger charge is -2.22. The third-order valence-electron chi connectivity index (χ3n) is 3.87. The molecule has 0 saturated carbocycles. The van der Waals surface area contributed by atoms with Crippen molar-refractivity contribution in [2.45, 2.75) is 19.3 Å². The van der Waals surface area contributed by atoms with Gasteiger partial charge >= 0.3 is 0 Å². The lowest BCUT2D eigenvalue weighted by atomic mass is 9.79. The van der Waals surface area contributed by atoms with Crippen molar-refractivity contribution in [3.8, 4) is 0 Å². The van der Waals surface area contributed by atoms with Crippen LogP contribution in [0, 0.1) is 10.1 Å². The van der Waals surface area contributed by atoms with Gasteiger partial charge in [-0.15, -0.1) is 0 Å². The van der Waals surface area contributed by atoms with Crippen molar-refractivity contribution in [3.63, 3.8) is 0 Å². The normalized spacial score (nSPS) is 15.4. The molecule has 1 aliphatic heterocycles. The standard InChI is InChI=1S/C16H15N3O2/c1-16(2)13-9-11(17)5-8-14(13)18-15(16)10-3-6-12(7-4-10)19(20)21/h3-9H,17H2,1-2H3. The quantitative estimate of drug-likeness (QED) is 0.519. The zero-order chi connectivity index (χ0) is 15.2. The maximum Gasteiger partial charge on any atom is 0.269 e. The van der Waals surface area contributed by atoms with Crippen LogP contribution in [0.4, 0.5) is 17.1 Å². The fraction of sp³-hybridized carbons (Fsp3) is 0.188. The van der Waals surface area contributed by atoms with Crippen LogP contribution in [-0.2, 0) is 5.41 Å². The van der Waals surface area contributed by atoms with Crippen LogP contribution in [0.1, 0.15) is 25.0 Å². The van der Waals surface area contributed by atoms with Gasteiger partial charge in [-0.3, -0.25) is 15.1 Å². The predicted molar refractivity (Wildman–Crippen MR) is 83.2 cm³/mol. The molecule has 0 atom stereocenters. The van der Waals surface area contributed by atoms with Crippen LogP contribution in [0.25, 0.3) is 0 Å². The molecule has 21 heavy (non-hydrogen) atoms. The molecule has 0 unspecified atom stereocenters. The van der Waals surface area contributed by atoms with Gasteiger partial charge in [0.05, 0.1) is 16.3 Å². The van der Waals surface area contributed by atoms with E-state index in [-0.39, 0.29) is 11.1 Å². The molecule has 0 aromatic heterocycles. The summed E-state index contributed by atoms with van der Waals surface area (Å²) in [5.41, 5.74) is 10.2. The van der Waals surface area contributed by atoms with E-state index in [1.807, 2.05) is 18.2 Å². The van der Waals surface area contributed by atoms with E-state index in [9.17, 15) is 10.1 Å². The molecule has 0 fully saturated rings. The van der Waals surface area contributed by atoms with Crippen molar-refractivity contribution < 1.29 is 4.92 Å². The number of hydrogen-bond acceptors (Lipinski definition) is 4. The summed E-state index contributed by atoms with van der Waals surface area (Å²) in [5.74, 6) is 0. The second kappa shape index (κ2) is 4.41. The Kier molecular flexibility index (Phi) is 2.79. The molecule has 2 N–H and O–H groups in total. The number of benzene rings is 2. The number of fused-ring (bicyclic) bond motifs is 1. The summed E-state index contributed by atoms with van der Waals surface area (Å²) in [5, 5.41) is 10.7. The monoisotopic (exact) mass is 281 g/mol. The van der Waals surface area contributed by atoms with Gasteiger partial charge in [0.2, 0.25) is 0 Å². The molecular formula is C16H15N3O2. The summed E-state index contributed by atoms with van der Waals surface area (Å²) < 4.78 is 0. The van der Waals surface area contributed by atoms with Gasteiger partial charge in [-0.05, 0) is 41.5 Å². The minimum Gasteiger partial charge on any atom is -0.399 e. The van der Waals surface area contributed by atoms with Crippen molar-refractivity contribution in [2.75, 3.05) is 5.73 Å². The Morgan fingerprint density at radius 3 is 2.43 bits per heavy atom. The highest BCUT2D eigenvalue weighted by Crippen LogP contribution is 2.42. The van der Waals surface area contributed by atoms with Crippen LogP contribution in [0.3, 0.4) is 0 Å². The SMILES string of the molecule is CC1(C)C(c2ccc([N+](=O)[O-])cc2)=Nc2ccc(N)cc21. The van der Waals surface area contributed by atoms with Gasteiger partial charge in [-0.2, -0.15) is 0 Å². The molecule has 0 saturated heterocycles. The van der Waals surface area contributed by atoms with Crippen LogP contribution < -0.4 is 5.73 Å². The average molecular weight is 281 g/mol. The van der Waals surface area contributed by atoms with Crippen LogP contribution in [0.2, 0.25) is 0 Å². The number of nitro benzene ring substituents is 1. The lowest BCUT2D eigenvalue weighted by Crippen LogP contribution is -2.26. The summed E-state index contributed by atoms with van der Waals surface area (Å²) in [7, 11) is 0. The third kappa shape index (κ3) is 2.07. The van der Waals surface area contributed by atoms with Gasteiger partial charge in [0.15, 0.2) is 0 Å². The van der Waals surface area contributed by atoms with Crippen molar-refractivity contribution in [2.24, 2.45) is 4.99 Å². The summed E-state index contributed by atoms with van der Waals surface area (Å²) in [6, 6.07) is 12.2. The Bertz CT molecular complexity index is 762. The number of nitrogens with zero attached hydrogens (tertiary/aromatic N) is 2. The Labute approximate surface area is 122 Å². The Balaban J connectivity index is 2.06. The smallest absolute Gasteiger partial charge is 0.269 e. The van der Waals surface area contributed by atoms with Crippen molar-refractivity contribution in [1.29, 1.82) is 0 Å². The highest BCUT2D eigenvalue weighted by Gasteiger charge is 2.35. The second-order valence-corrected chi connectivity index (χ2v) is 5.67. The first-order valence-corrected chi connectivity index (χ1v) is 6.63. The Morgan fingerprint density at radius 1 is 1.14 bits per heavy atom. The minimum absolute atomic E-state index is 0.0805. The molecule has 2 aromatic rings. The lowest BCUT2D eigenvalue weighted by molar-refractivity contribution is -0.384. The number of nitro groups is 1. The molecule has 3 rings (SSSR count). The predicted octanol–water partition coefficient (Wildman–Crippen LogP) is 3.59. The largest absolute Gasteiger partial charge is 0.399 e. The molecule has 2 aromatic carbocycles. The highest BCUT2D eigenvalue weighted by atomic mass is 16.6. The summed E-state index contributed by atoms with van der Waals surface area (Å²) in [6.45, 7) is 4.16. The molecule has 0 bridgehead atoms. The highest BCUT2D eigenvalue weighted by molar-refractivity contribution is 6.12. The van der Waals surface area contributed by atoms with Crippen molar-refractivity contribution in [3.05, 3.63) is 63.7 Å². The molecule has 1 heterocycles. The van der Waals surface area contributed by atoms with Crippen LogP contribution in [-0.4, -0.2) is 10.6 Å². The third-order valence-corrected chi connectivity index (χ3v) is 3.87. The molecule has 1 aliphatic rings. The van der Waals surface area contributed by atoms with E-state index in [1.54, 1.807) is 12.1 Å². The summed E-state index contributed by atoms with van der Waals surface area (Å²) in [4.78, 5) is 15.0. The van der Waals surface area contributed by atoms with Gasteiger partial charge in [0.25, 0.3) is 5.69 Å². The molecular weight excluding hydrogens is 266 g/mol. The fourth-order valence-electron chi connectivity index (χ4n) is 2.71. The molecule has 0 spiro atoms. The number of nitrogens with two attached hydrogens (primary N) is 1. The molecule has 5 nitrogen and oxygen atoms in total. The molecule has 0 radical (unpaired) electrons. The van der Waals surface area contributed by atoms with Gasteiger partial charge in [0.1, 0.15) is 0 Å². The van der Waals surface area contributed by atoms with E-state index in [2.05, 4.69) is 18.8 Å². The topological polar surface area (TPSA) is 81.5 Å². The molecule has 106 valence electrons. The number of anilines is 1. The van der Waals surface area contributed by atoms with E-state index in [0.29, 0.717) is 5.69 Å². The van der Waals surface area contributed by atoms with Crippen LogP contribution in [0.15, 0.2) is 47.5 Å². The van der Waals surface area contributed by atoms with Gasteiger partial charge in [-0.1, -0.05) is 13.8 Å². The summed E-state index contributed by atoms with van der Waals surface area (Å²) in [6.07, 6.45) is 0. The number of hydrogen-bond donors (Lipinski definition) is 1. The molecule has 0 amide bonds. The van der Waals surface area contributed by atoms with Gasteiger partial charge in [-0.25, -0.2) is 0 Å². The van der Waals surface area contributed by atoms with E-state index < -0.39 is 4.92 Å². The molecule has 5 heteroatoms. The number of non-ortho nitro benzene ring substituents is 1. The van der Waals surface area contributed by atoms with Gasteiger partial charge < -0.3 is 5.73 Å². The van der Waals surface area contributed by atoms with E-state index in [4.69, 9.17) is 5.73 Å². The van der Waals surface area contributed by atoms with Crippen LogP contribution in [0.5, 0.6) is 0 Å². The van der Waals surface area contributed by atoms with Gasteiger partial charge in [0, 0.05) is 23.2 Å². The van der Waals surface area contributed by atoms with E-state index in [1.165, 1.54) is 12.1 Å². The zero-order valence-electron chi connectivity index (χ0n) is 11.8. The first kappa shape index (κ1) is 13.3. The fourth-order valence-corrected chi connectivity index (χ4v) is 2.71. The second-order valence-electron chi connectivity index (χ2n) is 5.67. The molecule has 0 aliphatic carbocycles.